The third-order valence-corrected chi connectivity index (χ3v) is 5.86. The van der Waals surface area contributed by atoms with Gasteiger partial charge in [0.2, 0.25) is 0 Å². The predicted octanol–water partition coefficient (Wildman–Crippen LogP) is 5.85. The van der Waals surface area contributed by atoms with Crippen molar-refractivity contribution < 1.29 is 19.8 Å². The molecule has 4 heteroatoms. The molecule has 0 aromatic heterocycles. The Balaban J connectivity index is 4.64. The molecule has 1 atom stereocenters. The highest BCUT2D eigenvalue weighted by Crippen LogP contribution is 2.48. The van der Waals surface area contributed by atoms with E-state index in [1.807, 2.05) is 27.7 Å². The maximum Gasteiger partial charge on any atom is 0.310 e. The highest BCUT2D eigenvalue weighted by atomic mass is 16.4. The molecular formula is C21H40O4. The highest BCUT2D eigenvalue weighted by Gasteiger charge is 2.51. The second-order valence-electron chi connectivity index (χ2n) is 8.45. The summed E-state index contributed by atoms with van der Waals surface area (Å²) in [6.45, 7) is 12.5. The SMILES string of the molecule is CC(C)C(CCCCCCCCC(=O)O)C(C(=O)O)(C(C)C)C(C)C. The molecule has 148 valence electrons. The van der Waals surface area contributed by atoms with Gasteiger partial charge in [-0.1, -0.05) is 73.6 Å². The number of hydrogen-bond acceptors (Lipinski definition) is 2. The molecule has 0 aromatic rings. The summed E-state index contributed by atoms with van der Waals surface area (Å²) in [6, 6.07) is 0. The molecule has 0 spiro atoms. The second-order valence-corrected chi connectivity index (χ2v) is 8.45. The minimum Gasteiger partial charge on any atom is -0.481 e. The van der Waals surface area contributed by atoms with Gasteiger partial charge in [0, 0.05) is 6.42 Å². The standard InChI is InChI=1S/C21H40O4/c1-15(2)18(21(16(3)4,17(5)6)20(24)25)13-11-9-7-8-10-12-14-19(22)23/h15-18H,7-14H2,1-6H3,(H,22,23)(H,24,25). The van der Waals surface area contributed by atoms with Crippen LogP contribution in [0.3, 0.4) is 0 Å². The molecule has 0 rings (SSSR count). The van der Waals surface area contributed by atoms with Crippen LogP contribution < -0.4 is 0 Å². The van der Waals surface area contributed by atoms with Gasteiger partial charge in [-0.2, -0.15) is 0 Å². The lowest BCUT2D eigenvalue weighted by Gasteiger charge is -2.46. The Hall–Kier alpha value is -1.06. The molecule has 2 N–H and O–H groups in total. The number of rotatable bonds is 14. The summed E-state index contributed by atoms with van der Waals surface area (Å²) in [5.41, 5.74) is -0.671. The normalized spacial score (nSPS) is 13.6. The minimum atomic E-state index is -0.716. The van der Waals surface area contributed by atoms with E-state index in [9.17, 15) is 14.7 Å². The molecule has 0 radical (unpaired) electrons. The van der Waals surface area contributed by atoms with Crippen molar-refractivity contribution in [3.05, 3.63) is 0 Å². The van der Waals surface area contributed by atoms with Crippen molar-refractivity contribution in [1.29, 1.82) is 0 Å². The van der Waals surface area contributed by atoms with Crippen LogP contribution in [0.4, 0.5) is 0 Å². The van der Waals surface area contributed by atoms with Gasteiger partial charge in [0.15, 0.2) is 0 Å². The number of unbranched alkanes of at least 4 members (excludes halogenated alkanes) is 5. The van der Waals surface area contributed by atoms with E-state index >= 15 is 0 Å². The van der Waals surface area contributed by atoms with Crippen LogP contribution in [-0.2, 0) is 9.59 Å². The Morgan fingerprint density at radius 1 is 0.760 bits per heavy atom. The van der Waals surface area contributed by atoms with Gasteiger partial charge in [-0.05, 0) is 36.5 Å². The lowest BCUT2D eigenvalue weighted by Crippen LogP contribution is -2.49. The first-order valence-electron chi connectivity index (χ1n) is 10.0. The van der Waals surface area contributed by atoms with Crippen molar-refractivity contribution in [2.75, 3.05) is 0 Å². The highest BCUT2D eigenvalue weighted by molar-refractivity contribution is 5.76. The molecule has 0 fully saturated rings. The fraction of sp³-hybridized carbons (Fsp3) is 0.905. The Bertz CT molecular complexity index is 391. The first kappa shape index (κ1) is 23.9. The lowest BCUT2D eigenvalue weighted by molar-refractivity contribution is -0.164. The second kappa shape index (κ2) is 11.5. The van der Waals surface area contributed by atoms with Crippen LogP contribution in [0.5, 0.6) is 0 Å². The summed E-state index contributed by atoms with van der Waals surface area (Å²) >= 11 is 0. The molecule has 1 unspecified atom stereocenters. The topological polar surface area (TPSA) is 74.6 Å². The van der Waals surface area contributed by atoms with E-state index in [0.29, 0.717) is 5.92 Å². The van der Waals surface area contributed by atoms with Crippen LogP contribution in [0.1, 0.15) is 92.9 Å². The summed E-state index contributed by atoms with van der Waals surface area (Å²) in [7, 11) is 0. The van der Waals surface area contributed by atoms with E-state index in [2.05, 4.69) is 13.8 Å². The zero-order valence-electron chi connectivity index (χ0n) is 17.2. The molecule has 0 aliphatic heterocycles. The number of carboxylic acids is 2. The smallest absolute Gasteiger partial charge is 0.310 e. The minimum absolute atomic E-state index is 0.105. The number of carboxylic acid groups (broad SMARTS) is 2. The molecule has 0 aromatic carbocycles. The van der Waals surface area contributed by atoms with Crippen molar-refractivity contribution in [2.45, 2.75) is 92.9 Å². The summed E-state index contributed by atoms with van der Waals surface area (Å²) in [5.74, 6) is -0.632. The Labute approximate surface area is 154 Å². The van der Waals surface area contributed by atoms with Gasteiger partial charge in [0.25, 0.3) is 0 Å². The summed E-state index contributed by atoms with van der Waals surface area (Å²) in [5, 5.41) is 18.7. The van der Waals surface area contributed by atoms with Crippen LogP contribution in [-0.4, -0.2) is 22.2 Å². The fourth-order valence-electron chi connectivity index (χ4n) is 4.65. The number of aliphatic carboxylic acids is 2. The maximum absolute atomic E-state index is 12.3. The van der Waals surface area contributed by atoms with Gasteiger partial charge in [0.05, 0.1) is 5.41 Å². The Morgan fingerprint density at radius 2 is 1.20 bits per heavy atom. The number of hydrogen-bond donors (Lipinski definition) is 2. The first-order valence-corrected chi connectivity index (χ1v) is 10.0. The van der Waals surface area contributed by atoms with Crippen molar-refractivity contribution in [1.82, 2.24) is 0 Å². The third-order valence-electron chi connectivity index (χ3n) is 5.86. The van der Waals surface area contributed by atoms with Crippen LogP contribution in [0.15, 0.2) is 0 Å². The molecular weight excluding hydrogens is 316 g/mol. The zero-order valence-corrected chi connectivity index (χ0v) is 17.2. The molecule has 4 nitrogen and oxygen atoms in total. The van der Waals surface area contributed by atoms with Crippen molar-refractivity contribution in [3.63, 3.8) is 0 Å². The zero-order chi connectivity index (χ0) is 19.6. The van der Waals surface area contributed by atoms with E-state index in [-0.39, 0.29) is 24.2 Å². The molecule has 0 saturated carbocycles. The van der Waals surface area contributed by atoms with Gasteiger partial charge in [-0.3, -0.25) is 9.59 Å². The maximum atomic E-state index is 12.3. The molecule has 0 heterocycles. The summed E-state index contributed by atoms with van der Waals surface area (Å²) in [4.78, 5) is 22.7. The molecule has 0 bridgehead atoms. The quantitative estimate of drug-likeness (QED) is 0.383. The van der Waals surface area contributed by atoms with Gasteiger partial charge < -0.3 is 10.2 Å². The Kier molecular flexibility index (Phi) is 11.0. The monoisotopic (exact) mass is 356 g/mol. The van der Waals surface area contributed by atoms with Crippen molar-refractivity contribution >= 4 is 11.9 Å². The third kappa shape index (κ3) is 6.99. The first-order chi connectivity index (χ1) is 11.6. The van der Waals surface area contributed by atoms with E-state index < -0.39 is 17.4 Å². The van der Waals surface area contributed by atoms with Gasteiger partial charge in [0.1, 0.15) is 0 Å². The average molecular weight is 357 g/mol. The van der Waals surface area contributed by atoms with E-state index in [0.717, 1.165) is 44.9 Å². The molecule has 0 aliphatic carbocycles. The van der Waals surface area contributed by atoms with E-state index in [1.165, 1.54) is 0 Å². The Morgan fingerprint density at radius 3 is 1.56 bits per heavy atom. The van der Waals surface area contributed by atoms with Crippen molar-refractivity contribution in [2.24, 2.45) is 29.1 Å². The summed E-state index contributed by atoms with van der Waals surface area (Å²) in [6.07, 6.45) is 7.27. The van der Waals surface area contributed by atoms with Crippen LogP contribution in [0, 0.1) is 29.1 Å². The van der Waals surface area contributed by atoms with E-state index in [4.69, 9.17) is 5.11 Å². The van der Waals surface area contributed by atoms with Crippen molar-refractivity contribution in [3.8, 4) is 0 Å². The van der Waals surface area contributed by atoms with Crippen LogP contribution in [0.2, 0.25) is 0 Å². The largest absolute Gasteiger partial charge is 0.481 e. The molecule has 0 aliphatic rings. The van der Waals surface area contributed by atoms with Gasteiger partial charge >= 0.3 is 11.9 Å². The molecule has 0 amide bonds. The fourth-order valence-corrected chi connectivity index (χ4v) is 4.65. The van der Waals surface area contributed by atoms with Crippen LogP contribution >= 0.6 is 0 Å². The average Bonchev–Trinajstić information content (AvgIpc) is 2.46. The lowest BCUT2D eigenvalue weighted by atomic mass is 9.57. The molecule has 25 heavy (non-hydrogen) atoms. The summed E-state index contributed by atoms with van der Waals surface area (Å²) < 4.78 is 0. The number of carbonyl (C=O) groups is 2. The van der Waals surface area contributed by atoms with Crippen LogP contribution in [0.25, 0.3) is 0 Å². The van der Waals surface area contributed by atoms with E-state index in [1.54, 1.807) is 0 Å². The van der Waals surface area contributed by atoms with Gasteiger partial charge in [-0.25, -0.2) is 0 Å². The predicted molar refractivity (Wildman–Crippen MR) is 103 cm³/mol. The molecule has 0 saturated heterocycles. The van der Waals surface area contributed by atoms with Gasteiger partial charge in [-0.15, -0.1) is 0 Å².